The molecule has 32 heavy (non-hydrogen) atoms. The molecule has 8 heteroatoms. The van der Waals surface area contributed by atoms with Gasteiger partial charge in [-0.2, -0.15) is 0 Å². The van der Waals surface area contributed by atoms with Crippen molar-refractivity contribution in [3.63, 3.8) is 0 Å². The smallest absolute Gasteiger partial charge is 0.244 e. The second-order valence-electron chi connectivity index (χ2n) is 7.45. The predicted octanol–water partition coefficient (Wildman–Crippen LogP) is 4.52. The standard InChI is InChI=1S/C24H22ClN5O2/c1-30(2)18-5-6-21(27-13-18)16-9-17-10-19(32-24(17)20(25)11-16)14-29-23(31)8-4-15-3-7-22(26)28-12-15/h3-13H,14H2,1-2H3,(H2,26,28)(H,29,31)/b8-4+. The number of halogens is 1. The molecule has 0 saturated heterocycles. The number of nitrogens with zero attached hydrogens (tertiary/aromatic N) is 3. The number of hydrogen-bond donors (Lipinski definition) is 2. The Morgan fingerprint density at radius 1 is 1.16 bits per heavy atom. The Labute approximate surface area is 190 Å². The number of furan rings is 1. The molecule has 0 aliphatic carbocycles. The minimum atomic E-state index is -0.251. The van der Waals surface area contributed by atoms with Gasteiger partial charge in [-0.05, 0) is 54.1 Å². The minimum Gasteiger partial charge on any atom is -0.458 e. The van der Waals surface area contributed by atoms with E-state index in [4.69, 9.17) is 21.8 Å². The van der Waals surface area contributed by atoms with Gasteiger partial charge in [-0.1, -0.05) is 11.6 Å². The largest absolute Gasteiger partial charge is 0.458 e. The summed E-state index contributed by atoms with van der Waals surface area (Å²) in [7, 11) is 3.94. The van der Waals surface area contributed by atoms with Crippen LogP contribution in [0.25, 0.3) is 28.3 Å². The Balaban J connectivity index is 1.46. The lowest BCUT2D eigenvalue weighted by Crippen LogP contribution is -2.19. The van der Waals surface area contributed by atoms with Crippen LogP contribution < -0.4 is 16.0 Å². The number of carbonyl (C=O) groups excluding carboxylic acids is 1. The third-order valence-corrected chi connectivity index (χ3v) is 5.14. The molecule has 0 atom stereocenters. The molecule has 0 saturated carbocycles. The molecule has 3 heterocycles. The number of fused-ring (bicyclic) bond motifs is 1. The van der Waals surface area contributed by atoms with E-state index >= 15 is 0 Å². The summed E-state index contributed by atoms with van der Waals surface area (Å²) < 4.78 is 5.84. The third kappa shape index (κ3) is 4.90. The molecule has 3 aromatic heterocycles. The second kappa shape index (κ2) is 9.11. The van der Waals surface area contributed by atoms with Gasteiger partial charge in [-0.25, -0.2) is 4.98 Å². The van der Waals surface area contributed by atoms with Crippen molar-refractivity contribution in [3.05, 3.63) is 77.3 Å². The number of hydrogen-bond acceptors (Lipinski definition) is 6. The van der Waals surface area contributed by atoms with Crippen molar-refractivity contribution >= 4 is 46.1 Å². The van der Waals surface area contributed by atoms with Gasteiger partial charge < -0.3 is 20.4 Å². The van der Waals surface area contributed by atoms with Crippen LogP contribution in [0.5, 0.6) is 0 Å². The molecular weight excluding hydrogens is 426 g/mol. The van der Waals surface area contributed by atoms with Gasteiger partial charge in [-0.15, -0.1) is 0 Å². The van der Waals surface area contributed by atoms with Gasteiger partial charge in [0.25, 0.3) is 0 Å². The first-order chi connectivity index (χ1) is 15.4. The fraction of sp³-hybridized carbons (Fsp3) is 0.125. The highest BCUT2D eigenvalue weighted by atomic mass is 35.5. The van der Waals surface area contributed by atoms with Crippen molar-refractivity contribution < 1.29 is 9.21 Å². The number of carbonyl (C=O) groups is 1. The highest BCUT2D eigenvalue weighted by Gasteiger charge is 2.12. The third-order valence-electron chi connectivity index (χ3n) is 4.86. The lowest BCUT2D eigenvalue weighted by molar-refractivity contribution is -0.116. The van der Waals surface area contributed by atoms with Gasteiger partial charge in [0, 0.05) is 37.3 Å². The summed E-state index contributed by atoms with van der Waals surface area (Å²) in [6.07, 6.45) is 6.51. The lowest BCUT2D eigenvalue weighted by atomic mass is 10.1. The first kappa shape index (κ1) is 21.4. The van der Waals surface area contributed by atoms with Crippen molar-refractivity contribution in [2.24, 2.45) is 0 Å². The van der Waals surface area contributed by atoms with E-state index in [1.165, 1.54) is 6.08 Å². The van der Waals surface area contributed by atoms with Gasteiger partial charge >= 0.3 is 0 Å². The van der Waals surface area contributed by atoms with Crippen LogP contribution in [0.15, 0.2) is 65.4 Å². The van der Waals surface area contributed by atoms with E-state index in [-0.39, 0.29) is 12.5 Å². The molecule has 0 spiro atoms. The van der Waals surface area contributed by atoms with Gasteiger partial charge in [0.05, 0.1) is 29.1 Å². The Hall–Kier alpha value is -3.84. The van der Waals surface area contributed by atoms with Crippen LogP contribution in [-0.4, -0.2) is 30.0 Å². The molecule has 0 unspecified atom stereocenters. The Morgan fingerprint density at radius 2 is 2.00 bits per heavy atom. The number of nitrogens with two attached hydrogens (primary N) is 1. The number of nitrogen functional groups attached to an aromatic ring is 1. The van der Waals surface area contributed by atoms with Crippen LogP contribution in [0.4, 0.5) is 11.5 Å². The summed E-state index contributed by atoms with van der Waals surface area (Å²) in [5, 5.41) is 4.14. The van der Waals surface area contributed by atoms with E-state index in [1.807, 2.05) is 55.5 Å². The number of anilines is 2. The van der Waals surface area contributed by atoms with E-state index < -0.39 is 0 Å². The van der Waals surface area contributed by atoms with Crippen LogP contribution in [0, 0.1) is 0 Å². The fourth-order valence-electron chi connectivity index (χ4n) is 3.14. The van der Waals surface area contributed by atoms with Gasteiger partial charge in [0.1, 0.15) is 11.6 Å². The molecule has 0 bridgehead atoms. The number of rotatable bonds is 6. The van der Waals surface area contributed by atoms with E-state index in [2.05, 4.69) is 15.3 Å². The molecule has 3 N–H and O–H groups in total. The highest BCUT2D eigenvalue weighted by molar-refractivity contribution is 6.35. The predicted molar refractivity (Wildman–Crippen MR) is 128 cm³/mol. The summed E-state index contributed by atoms with van der Waals surface area (Å²) in [5.74, 6) is 0.782. The highest BCUT2D eigenvalue weighted by Crippen LogP contribution is 2.32. The quantitative estimate of drug-likeness (QED) is 0.422. The summed E-state index contributed by atoms with van der Waals surface area (Å²) >= 11 is 6.46. The molecule has 1 aromatic carbocycles. The molecular formula is C24H22ClN5O2. The maximum Gasteiger partial charge on any atom is 0.244 e. The minimum absolute atomic E-state index is 0.235. The number of aromatic nitrogens is 2. The molecule has 7 nitrogen and oxygen atoms in total. The number of pyridine rings is 2. The topological polar surface area (TPSA) is 97.3 Å². The van der Waals surface area contributed by atoms with Crippen LogP contribution >= 0.6 is 11.6 Å². The van der Waals surface area contributed by atoms with Crippen LogP contribution in [0.1, 0.15) is 11.3 Å². The van der Waals surface area contributed by atoms with Crippen molar-refractivity contribution in [2.45, 2.75) is 6.54 Å². The molecule has 4 aromatic rings. The van der Waals surface area contributed by atoms with Crippen molar-refractivity contribution in [3.8, 4) is 11.3 Å². The normalized spacial score (nSPS) is 11.2. The summed E-state index contributed by atoms with van der Waals surface area (Å²) in [6.45, 7) is 0.235. The molecule has 4 rings (SSSR count). The first-order valence-corrected chi connectivity index (χ1v) is 10.3. The summed E-state index contributed by atoms with van der Waals surface area (Å²) in [4.78, 5) is 22.6. The van der Waals surface area contributed by atoms with Crippen LogP contribution in [0.3, 0.4) is 0 Å². The zero-order valence-corrected chi connectivity index (χ0v) is 18.4. The first-order valence-electron chi connectivity index (χ1n) is 9.92. The Bertz CT molecular complexity index is 1280. The van der Waals surface area contributed by atoms with Gasteiger partial charge in [0.15, 0.2) is 5.58 Å². The summed E-state index contributed by atoms with van der Waals surface area (Å²) in [6, 6.07) is 13.1. The van der Waals surface area contributed by atoms with E-state index in [9.17, 15) is 4.79 Å². The number of amides is 1. The molecule has 0 fully saturated rings. The van der Waals surface area contributed by atoms with E-state index in [1.54, 1.807) is 24.4 Å². The SMILES string of the molecule is CN(C)c1ccc(-c2cc(Cl)c3oc(CNC(=O)/C=C/c4ccc(N)nc4)cc3c2)nc1. The maximum absolute atomic E-state index is 12.1. The van der Waals surface area contributed by atoms with E-state index in [0.717, 1.165) is 27.9 Å². The number of nitrogens with one attached hydrogen (secondary N) is 1. The molecule has 0 radical (unpaired) electrons. The fourth-order valence-corrected chi connectivity index (χ4v) is 3.41. The molecule has 0 aliphatic rings. The van der Waals surface area contributed by atoms with Crippen LogP contribution in [0.2, 0.25) is 5.02 Å². The van der Waals surface area contributed by atoms with Crippen molar-refractivity contribution in [1.29, 1.82) is 0 Å². The monoisotopic (exact) mass is 447 g/mol. The zero-order valence-electron chi connectivity index (χ0n) is 17.7. The number of benzene rings is 1. The zero-order chi connectivity index (χ0) is 22.7. The van der Waals surface area contributed by atoms with Gasteiger partial charge in [0.2, 0.25) is 5.91 Å². The maximum atomic E-state index is 12.1. The molecule has 0 aliphatic heterocycles. The lowest BCUT2D eigenvalue weighted by Gasteiger charge is -2.12. The molecule has 162 valence electrons. The summed E-state index contributed by atoms with van der Waals surface area (Å²) in [5.41, 5.74) is 9.64. The average Bonchev–Trinajstić information content (AvgIpc) is 3.21. The average molecular weight is 448 g/mol. The van der Waals surface area contributed by atoms with Crippen molar-refractivity contribution in [2.75, 3.05) is 24.7 Å². The van der Waals surface area contributed by atoms with Crippen molar-refractivity contribution in [1.82, 2.24) is 15.3 Å². The molecule has 1 amide bonds. The van der Waals surface area contributed by atoms with Crippen LogP contribution in [-0.2, 0) is 11.3 Å². The Kier molecular flexibility index (Phi) is 6.09. The second-order valence-corrected chi connectivity index (χ2v) is 7.86. The van der Waals surface area contributed by atoms with E-state index in [0.29, 0.717) is 22.2 Å². The Morgan fingerprint density at radius 3 is 2.69 bits per heavy atom. The van der Waals surface area contributed by atoms with Gasteiger partial charge in [-0.3, -0.25) is 9.78 Å².